The van der Waals surface area contributed by atoms with Gasteiger partial charge in [0.1, 0.15) is 5.82 Å². The number of amides is 1. The van der Waals surface area contributed by atoms with E-state index < -0.39 is 33.8 Å². The Hall–Kier alpha value is -1.22. The highest BCUT2D eigenvalue weighted by Gasteiger charge is 2.38. The number of aliphatic hydroxyl groups is 1. The summed E-state index contributed by atoms with van der Waals surface area (Å²) in [5.74, 6) is -2.22. The minimum absolute atomic E-state index is 0.0332. The number of hydrogen-bond donors (Lipinski definition) is 1. The first kappa shape index (κ1) is 18.1. The average molecular weight is 365 g/mol. The first-order valence-corrected chi connectivity index (χ1v) is 8.93. The van der Waals surface area contributed by atoms with Crippen molar-refractivity contribution in [2.75, 3.05) is 32.9 Å². The maximum atomic E-state index is 13.8. The van der Waals surface area contributed by atoms with Gasteiger partial charge in [0.2, 0.25) is 10.0 Å². The van der Waals surface area contributed by atoms with Crippen LogP contribution in [0.25, 0.3) is 0 Å². The summed E-state index contributed by atoms with van der Waals surface area (Å²) in [6.45, 7) is 0.0175. The number of aliphatic hydroxyl groups excluding tert-OH is 1. The molecule has 0 radical (unpaired) electrons. The smallest absolute Gasteiger partial charge is 0.256 e. The Bertz CT molecular complexity index is 711. The lowest BCUT2D eigenvalue weighted by Gasteiger charge is -2.18. The van der Waals surface area contributed by atoms with Crippen LogP contribution in [-0.2, 0) is 10.0 Å². The number of carbonyl (C=O) groups excluding carboxylic acids is 1. The molecule has 0 spiro atoms. The Kier molecular flexibility index (Phi) is 5.30. The van der Waals surface area contributed by atoms with E-state index in [1.165, 1.54) is 31.1 Å². The highest BCUT2D eigenvalue weighted by Crippen LogP contribution is 2.23. The number of nitrogens with zero attached hydrogens (tertiary/aromatic N) is 2. The van der Waals surface area contributed by atoms with Crippen LogP contribution in [-0.4, -0.2) is 67.7 Å². The second kappa shape index (κ2) is 6.72. The summed E-state index contributed by atoms with van der Waals surface area (Å²) in [6, 6.07) is 3.71. The molecule has 0 unspecified atom stereocenters. The van der Waals surface area contributed by atoms with Gasteiger partial charge in [0.05, 0.1) is 17.4 Å². The Morgan fingerprint density at radius 1 is 1.43 bits per heavy atom. The van der Waals surface area contributed by atoms with E-state index in [0.29, 0.717) is 0 Å². The zero-order valence-corrected chi connectivity index (χ0v) is 14.3. The molecular formula is C14H18ClFN2O4S. The molecule has 0 aliphatic carbocycles. The normalized spacial score (nSPS) is 21.9. The number of rotatable bonds is 4. The van der Waals surface area contributed by atoms with Crippen LogP contribution in [0.5, 0.6) is 0 Å². The lowest BCUT2D eigenvalue weighted by atomic mass is 10.1. The first-order chi connectivity index (χ1) is 10.6. The van der Waals surface area contributed by atoms with Gasteiger partial charge in [-0.3, -0.25) is 4.79 Å². The predicted octanol–water partition coefficient (Wildman–Crippen LogP) is 0.803. The third kappa shape index (κ3) is 4.00. The number of hydrogen-bond acceptors (Lipinski definition) is 4. The molecule has 9 heteroatoms. The van der Waals surface area contributed by atoms with Crippen molar-refractivity contribution in [2.24, 2.45) is 5.92 Å². The molecule has 1 fully saturated rings. The maximum Gasteiger partial charge on any atom is 0.256 e. The topological polar surface area (TPSA) is 77.9 Å². The highest BCUT2D eigenvalue weighted by molar-refractivity contribution is 7.89. The Labute approximate surface area is 139 Å². The van der Waals surface area contributed by atoms with Crippen molar-refractivity contribution in [2.45, 2.75) is 6.10 Å². The second-order valence-electron chi connectivity index (χ2n) is 5.72. The van der Waals surface area contributed by atoms with Crippen LogP contribution in [0, 0.1) is 11.7 Å². The molecule has 1 N–H and O–H groups in total. The van der Waals surface area contributed by atoms with E-state index in [1.807, 2.05) is 0 Å². The monoisotopic (exact) mass is 364 g/mol. The Morgan fingerprint density at radius 3 is 2.65 bits per heavy atom. The van der Waals surface area contributed by atoms with E-state index in [2.05, 4.69) is 0 Å². The predicted molar refractivity (Wildman–Crippen MR) is 84.3 cm³/mol. The molecule has 6 nitrogen and oxygen atoms in total. The van der Waals surface area contributed by atoms with Gasteiger partial charge in [0.15, 0.2) is 0 Å². The molecule has 2 atom stereocenters. The van der Waals surface area contributed by atoms with E-state index in [1.54, 1.807) is 0 Å². The summed E-state index contributed by atoms with van der Waals surface area (Å²) in [5, 5.41) is 10.2. The Morgan fingerprint density at radius 2 is 2.09 bits per heavy atom. The van der Waals surface area contributed by atoms with Crippen LogP contribution in [0.15, 0.2) is 18.2 Å². The molecule has 1 aromatic rings. The van der Waals surface area contributed by atoms with Gasteiger partial charge >= 0.3 is 0 Å². The highest BCUT2D eigenvalue weighted by atomic mass is 35.5. The number of halogens is 2. The minimum atomic E-state index is -3.50. The Balaban J connectivity index is 2.13. The molecule has 1 saturated heterocycles. The van der Waals surface area contributed by atoms with Crippen molar-refractivity contribution < 1.29 is 22.7 Å². The van der Waals surface area contributed by atoms with E-state index in [-0.39, 0.29) is 29.4 Å². The van der Waals surface area contributed by atoms with Crippen molar-refractivity contribution >= 4 is 27.5 Å². The third-order valence-corrected chi connectivity index (χ3v) is 6.03. The fourth-order valence-electron chi connectivity index (χ4n) is 2.44. The number of carbonyl (C=O) groups is 1. The van der Waals surface area contributed by atoms with Crippen molar-refractivity contribution in [1.82, 2.24) is 9.21 Å². The largest absolute Gasteiger partial charge is 0.391 e. The van der Waals surface area contributed by atoms with Crippen molar-refractivity contribution in [1.29, 1.82) is 0 Å². The molecule has 0 saturated carbocycles. The van der Waals surface area contributed by atoms with Crippen LogP contribution >= 0.6 is 11.6 Å². The molecular weight excluding hydrogens is 347 g/mol. The molecule has 1 heterocycles. The van der Waals surface area contributed by atoms with E-state index in [9.17, 15) is 22.7 Å². The number of β-amino-alcohol motifs (C(OH)–C–C–N with tert-alkyl or cyclic N) is 1. The second-order valence-corrected chi connectivity index (χ2v) is 8.39. The fourth-order valence-corrected chi connectivity index (χ4v) is 3.76. The number of benzene rings is 1. The standard InChI is InChI=1S/C14H18ClFN2O4S/c1-17(2)23(21,22)8-9-6-18(7-13(9)19)14(20)11-4-3-10(15)5-12(11)16/h3-5,9,13,19H,6-8H2,1-2H3/t9-,13+/m0/s1. The number of sulfonamides is 1. The van der Waals surface area contributed by atoms with E-state index in [0.717, 1.165) is 10.4 Å². The number of likely N-dealkylation sites (tertiary alicyclic amines) is 1. The van der Waals surface area contributed by atoms with Crippen LogP contribution in [0.2, 0.25) is 5.02 Å². The summed E-state index contributed by atoms with van der Waals surface area (Å²) in [6.07, 6.45) is -0.968. The summed E-state index contributed by atoms with van der Waals surface area (Å²) in [4.78, 5) is 13.6. The average Bonchev–Trinajstić information content (AvgIpc) is 2.78. The first-order valence-electron chi connectivity index (χ1n) is 6.94. The van der Waals surface area contributed by atoms with Crippen molar-refractivity contribution in [3.05, 3.63) is 34.6 Å². The van der Waals surface area contributed by atoms with Crippen molar-refractivity contribution in [3.63, 3.8) is 0 Å². The quantitative estimate of drug-likeness (QED) is 0.857. The molecule has 128 valence electrons. The maximum absolute atomic E-state index is 13.8. The fraction of sp³-hybridized carbons (Fsp3) is 0.500. The van der Waals surface area contributed by atoms with Gasteiger partial charge in [-0.25, -0.2) is 17.1 Å². The SMILES string of the molecule is CN(C)S(=O)(=O)C[C@@H]1CN(C(=O)c2ccc(Cl)cc2F)C[C@H]1O. The third-order valence-electron chi connectivity index (χ3n) is 3.84. The van der Waals surface area contributed by atoms with Crippen LogP contribution in [0.4, 0.5) is 4.39 Å². The van der Waals surface area contributed by atoms with Gasteiger partial charge in [0, 0.05) is 38.1 Å². The minimum Gasteiger partial charge on any atom is -0.391 e. The summed E-state index contributed by atoms with van der Waals surface area (Å²) in [7, 11) is -0.687. The molecule has 0 aromatic heterocycles. The molecule has 0 bridgehead atoms. The summed E-state index contributed by atoms with van der Waals surface area (Å²) >= 11 is 5.65. The molecule has 1 aromatic carbocycles. The van der Waals surface area contributed by atoms with E-state index >= 15 is 0 Å². The lowest BCUT2D eigenvalue weighted by Crippen LogP contribution is -2.33. The molecule has 1 aliphatic heterocycles. The molecule has 23 heavy (non-hydrogen) atoms. The summed E-state index contributed by atoms with van der Waals surface area (Å²) < 4.78 is 38.7. The van der Waals surface area contributed by atoms with Crippen LogP contribution in [0.3, 0.4) is 0 Å². The zero-order valence-electron chi connectivity index (χ0n) is 12.7. The zero-order chi connectivity index (χ0) is 17.4. The molecule has 2 rings (SSSR count). The van der Waals surface area contributed by atoms with Gasteiger partial charge in [0.25, 0.3) is 5.91 Å². The van der Waals surface area contributed by atoms with Gasteiger partial charge in [-0.1, -0.05) is 11.6 Å². The van der Waals surface area contributed by atoms with Gasteiger partial charge in [-0.15, -0.1) is 0 Å². The van der Waals surface area contributed by atoms with Gasteiger partial charge in [-0.05, 0) is 18.2 Å². The van der Waals surface area contributed by atoms with Crippen LogP contribution < -0.4 is 0 Å². The van der Waals surface area contributed by atoms with Crippen molar-refractivity contribution in [3.8, 4) is 0 Å². The van der Waals surface area contributed by atoms with Gasteiger partial charge < -0.3 is 10.0 Å². The molecule has 1 aliphatic rings. The van der Waals surface area contributed by atoms with Gasteiger partial charge in [-0.2, -0.15) is 0 Å². The lowest BCUT2D eigenvalue weighted by molar-refractivity contribution is 0.0760. The summed E-state index contributed by atoms with van der Waals surface area (Å²) in [5.41, 5.74) is -0.155. The molecule has 1 amide bonds. The van der Waals surface area contributed by atoms with E-state index in [4.69, 9.17) is 11.6 Å². The van der Waals surface area contributed by atoms with Crippen LogP contribution in [0.1, 0.15) is 10.4 Å².